The predicted molar refractivity (Wildman–Crippen MR) is 103 cm³/mol. The molecule has 9 heteroatoms. The smallest absolute Gasteiger partial charge is 0.274 e. The van der Waals surface area contributed by atoms with Gasteiger partial charge in [0.05, 0.1) is 27.2 Å². The fraction of sp³-hybridized carbons (Fsp3) is 0.222. The lowest BCUT2D eigenvalue weighted by Crippen LogP contribution is -2.28. The van der Waals surface area contributed by atoms with Gasteiger partial charge in [-0.1, -0.05) is 29.3 Å². The Morgan fingerprint density at radius 3 is 2.70 bits per heavy atom. The van der Waals surface area contributed by atoms with E-state index in [-0.39, 0.29) is 30.5 Å². The van der Waals surface area contributed by atoms with Crippen molar-refractivity contribution in [2.24, 2.45) is 5.92 Å². The van der Waals surface area contributed by atoms with E-state index < -0.39 is 10.8 Å². The number of nitro groups is 1. The second-order valence-electron chi connectivity index (χ2n) is 6.25. The minimum Gasteiger partial charge on any atom is -0.324 e. The molecule has 27 heavy (non-hydrogen) atoms. The number of hydrogen-bond donors (Lipinski definition) is 1. The number of benzene rings is 2. The van der Waals surface area contributed by atoms with Gasteiger partial charge in [-0.15, -0.1) is 0 Å². The molecule has 0 unspecified atom stereocenters. The number of carbonyl (C=O) groups excluding carboxylic acids is 2. The fourth-order valence-electron chi connectivity index (χ4n) is 2.92. The summed E-state index contributed by atoms with van der Waals surface area (Å²) >= 11 is 12.0. The molecule has 1 atom stereocenters. The Hall–Kier alpha value is -2.64. The van der Waals surface area contributed by atoms with Crippen LogP contribution in [-0.4, -0.2) is 23.3 Å². The molecule has 0 radical (unpaired) electrons. The van der Waals surface area contributed by atoms with Crippen molar-refractivity contribution in [3.05, 3.63) is 62.1 Å². The summed E-state index contributed by atoms with van der Waals surface area (Å²) < 4.78 is 0. The molecule has 0 bridgehead atoms. The van der Waals surface area contributed by atoms with Crippen molar-refractivity contribution < 1.29 is 14.5 Å². The van der Waals surface area contributed by atoms with Crippen molar-refractivity contribution in [3.8, 4) is 0 Å². The second kappa shape index (κ2) is 7.54. The molecule has 1 heterocycles. The molecule has 1 aliphatic rings. The van der Waals surface area contributed by atoms with E-state index in [0.717, 1.165) is 0 Å². The normalized spacial score (nSPS) is 16.5. The van der Waals surface area contributed by atoms with Crippen LogP contribution in [0.5, 0.6) is 0 Å². The van der Waals surface area contributed by atoms with E-state index in [1.165, 1.54) is 17.0 Å². The van der Waals surface area contributed by atoms with Crippen LogP contribution in [0.1, 0.15) is 12.0 Å². The lowest BCUT2D eigenvalue weighted by Gasteiger charge is -2.17. The van der Waals surface area contributed by atoms with Gasteiger partial charge in [-0.2, -0.15) is 0 Å². The maximum Gasteiger partial charge on any atom is 0.274 e. The van der Waals surface area contributed by atoms with Crippen LogP contribution in [-0.2, 0) is 9.59 Å². The van der Waals surface area contributed by atoms with Crippen molar-refractivity contribution in [1.82, 2.24) is 0 Å². The molecular weight excluding hydrogens is 393 g/mol. The maximum absolute atomic E-state index is 12.5. The number of carbonyl (C=O) groups is 2. The number of nitrogens with one attached hydrogen (secondary N) is 1. The number of halogens is 2. The highest BCUT2D eigenvalue weighted by atomic mass is 35.5. The summed E-state index contributed by atoms with van der Waals surface area (Å²) in [5, 5.41) is 14.6. The highest BCUT2D eigenvalue weighted by Crippen LogP contribution is 2.31. The Morgan fingerprint density at radius 2 is 2.00 bits per heavy atom. The van der Waals surface area contributed by atoms with Gasteiger partial charge >= 0.3 is 0 Å². The van der Waals surface area contributed by atoms with Gasteiger partial charge in [0, 0.05) is 29.6 Å². The van der Waals surface area contributed by atoms with Crippen LogP contribution in [0.4, 0.5) is 17.1 Å². The third-order valence-corrected chi connectivity index (χ3v) is 4.95. The zero-order chi connectivity index (χ0) is 19.7. The van der Waals surface area contributed by atoms with E-state index in [0.29, 0.717) is 27.0 Å². The molecule has 2 aromatic carbocycles. The first-order valence-corrected chi connectivity index (χ1v) is 8.83. The van der Waals surface area contributed by atoms with Crippen LogP contribution in [0.15, 0.2) is 36.4 Å². The fourth-order valence-corrected chi connectivity index (χ4v) is 3.26. The van der Waals surface area contributed by atoms with E-state index in [1.807, 2.05) is 0 Å². The maximum atomic E-state index is 12.5. The average molecular weight is 408 g/mol. The van der Waals surface area contributed by atoms with Gasteiger partial charge in [0.1, 0.15) is 0 Å². The quantitative estimate of drug-likeness (QED) is 0.606. The first-order valence-electron chi connectivity index (χ1n) is 8.07. The number of nitro benzene ring substituents is 1. The van der Waals surface area contributed by atoms with Crippen LogP contribution in [0.3, 0.4) is 0 Å². The minimum absolute atomic E-state index is 0.00565. The standard InChI is InChI=1S/C18H15Cl2N3O4/c1-10-2-4-13(8-16(10)23(26)27)22-9-11(6-17(22)24)18(25)21-15-7-12(19)3-5-14(15)20/h2-5,7-8,11H,6,9H2,1H3,(H,21,25)/t11-/m1/s1. The summed E-state index contributed by atoms with van der Waals surface area (Å²) in [4.78, 5) is 36.9. The first kappa shape index (κ1) is 19.1. The topological polar surface area (TPSA) is 92.6 Å². The number of hydrogen-bond acceptors (Lipinski definition) is 4. The van der Waals surface area contributed by atoms with E-state index >= 15 is 0 Å². The van der Waals surface area contributed by atoms with Crippen molar-refractivity contribution in [2.45, 2.75) is 13.3 Å². The Balaban J connectivity index is 1.77. The van der Waals surface area contributed by atoms with Crippen molar-refractivity contribution >= 4 is 52.1 Å². The summed E-state index contributed by atoms with van der Waals surface area (Å²) in [6.07, 6.45) is 0.00565. The molecule has 1 aliphatic heterocycles. The summed E-state index contributed by atoms with van der Waals surface area (Å²) in [6.45, 7) is 1.75. The molecule has 0 spiro atoms. The third-order valence-electron chi connectivity index (χ3n) is 4.38. The number of nitrogens with zero attached hydrogens (tertiary/aromatic N) is 2. The highest BCUT2D eigenvalue weighted by molar-refractivity contribution is 6.35. The van der Waals surface area contributed by atoms with Crippen LogP contribution in [0.2, 0.25) is 10.0 Å². The van der Waals surface area contributed by atoms with Crippen LogP contribution in [0, 0.1) is 23.0 Å². The Morgan fingerprint density at radius 1 is 1.26 bits per heavy atom. The SMILES string of the molecule is Cc1ccc(N2C[C@H](C(=O)Nc3cc(Cl)ccc3Cl)CC2=O)cc1[N+](=O)[O-]. The largest absolute Gasteiger partial charge is 0.324 e. The molecule has 1 saturated heterocycles. The molecule has 140 valence electrons. The monoisotopic (exact) mass is 407 g/mol. The van der Waals surface area contributed by atoms with Gasteiger partial charge in [-0.05, 0) is 31.2 Å². The first-order chi connectivity index (χ1) is 12.8. The van der Waals surface area contributed by atoms with E-state index in [9.17, 15) is 19.7 Å². The third kappa shape index (κ3) is 4.04. The van der Waals surface area contributed by atoms with Gasteiger partial charge in [-0.3, -0.25) is 19.7 Å². The number of anilines is 2. The van der Waals surface area contributed by atoms with Gasteiger partial charge in [0.2, 0.25) is 11.8 Å². The number of aryl methyl sites for hydroxylation is 1. The molecule has 2 amide bonds. The van der Waals surface area contributed by atoms with Crippen LogP contribution in [0.25, 0.3) is 0 Å². The molecule has 1 fully saturated rings. The summed E-state index contributed by atoms with van der Waals surface area (Å²) in [7, 11) is 0. The average Bonchev–Trinajstić information content (AvgIpc) is 3.00. The summed E-state index contributed by atoms with van der Waals surface area (Å²) in [5.74, 6) is -1.24. The molecule has 2 aromatic rings. The molecular formula is C18H15Cl2N3O4. The molecule has 3 rings (SSSR count). The van der Waals surface area contributed by atoms with Crippen molar-refractivity contribution in [1.29, 1.82) is 0 Å². The molecule has 1 N–H and O–H groups in total. The summed E-state index contributed by atoms with van der Waals surface area (Å²) in [5.41, 5.74) is 1.19. The van der Waals surface area contributed by atoms with Crippen LogP contribution < -0.4 is 10.2 Å². The van der Waals surface area contributed by atoms with Gasteiger partial charge < -0.3 is 10.2 Å². The van der Waals surface area contributed by atoms with Gasteiger partial charge in [0.25, 0.3) is 5.69 Å². The zero-order valence-corrected chi connectivity index (χ0v) is 15.8. The lowest BCUT2D eigenvalue weighted by molar-refractivity contribution is -0.385. The Kier molecular flexibility index (Phi) is 5.34. The van der Waals surface area contributed by atoms with Gasteiger partial charge in [0.15, 0.2) is 0 Å². The number of rotatable bonds is 4. The Labute approximate surface area is 165 Å². The molecule has 0 aromatic heterocycles. The van der Waals surface area contributed by atoms with Gasteiger partial charge in [-0.25, -0.2) is 0 Å². The second-order valence-corrected chi connectivity index (χ2v) is 7.09. The highest BCUT2D eigenvalue weighted by Gasteiger charge is 2.36. The molecule has 0 saturated carbocycles. The molecule has 7 nitrogen and oxygen atoms in total. The van der Waals surface area contributed by atoms with Crippen LogP contribution >= 0.6 is 23.2 Å². The molecule has 0 aliphatic carbocycles. The van der Waals surface area contributed by atoms with E-state index in [4.69, 9.17) is 23.2 Å². The zero-order valence-electron chi connectivity index (χ0n) is 14.2. The lowest BCUT2D eigenvalue weighted by atomic mass is 10.1. The Bertz CT molecular complexity index is 948. The predicted octanol–water partition coefficient (Wildman–Crippen LogP) is 4.20. The number of amides is 2. The minimum atomic E-state index is -0.604. The summed E-state index contributed by atoms with van der Waals surface area (Å²) in [6, 6.07) is 9.26. The van der Waals surface area contributed by atoms with Crippen molar-refractivity contribution in [2.75, 3.05) is 16.8 Å². The van der Waals surface area contributed by atoms with Crippen molar-refractivity contribution in [3.63, 3.8) is 0 Å². The van der Waals surface area contributed by atoms with E-state index in [1.54, 1.807) is 31.2 Å². The van der Waals surface area contributed by atoms with E-state index in [2.05, 4.69) is 5.32 Å².